The first-order valence-corrected chi connectivity index (χ1v) is 5.76. The number of halogens is 1. The molecule has 1 saturated heterocycles. The van der Waals surface area contributed by atoms with Crippen molar-refractivity contribution < 1.29 is 4.79 Å². The van der Waals surface area contributed by atoms with Crippen LogP contribution in [0.1, 0.15) is 19.3 Å². The maximum Gasteiger partial charge on any atom is 0.226 e. The molecule has 0 aromatic carbocycles. The maximum absolute atomic E-state index is 11.7. The highest BCUT2D eigenvalue weighted by atomic mass is 35.5. The number of aromatic nitrogens is 1. The number of carbonyl (C=O) groups excluding carboxylic acids is 1. The van der Waals surface area contributed by atoms with E-state index in [1.807, 2.05) is 0 Å². The minimum Gasteiger partial charge on any atom is -0.323 e. The molecule has 0 bridgehead atoms. The molecule has 4 nitrogen and oxygen atoms in total. The third-order valence-corrected chi connectivity index (χ3v) is 2.97. The normalized spacial score (nSPS) is 19.7. The van der Waals surface area contributed by atoms with Crippen molar-refractivity contribution in [3.05, 3.63) is 23.5 Å². The molecule has 2 rings (SSSR count). The van der Waals surface area contributed by atoms with E-state index in [0.29, 0.717) is 23.2 Å². The Balaban J connectivity index is 1.89. The van der Waals surface area contributed by atoms with Crippen LogP contribution in [0.3, 0.4) is 0 Å². The van der Waals surface area contributed by atoms with Crippen molar-refractivity contribution in [1.29, 1.82) is 0 Å². The molecule has 1 fully saturated rings. The summed E-state index contributed by atoms with van der Waals surface area (Å²) in [6.07, 6.45) is 5.85. The SMILES string of the molecule is O=C(CC1CCCN1)Nc1cnccc1Cl. The Labute approximate surface area is 99.4 Å². The molecule has 0 spiro atoms. The van der Waals surface area contributed by atoms with E-state index in [-0.39, 0.29) is 5.91 Å². The Morgan fingerprint density at radius 1 is 1.69 bits per heavy atom. The van der Waals surface area contributed by atoms with E-state index in [1.54, 1.807) is 18.5 Å². The van der Waals surface area contributed by atoms with Gasteiger partial charge in [-0.15, -0.1) is 0 Å². The molecule has 0 saturated carbocycles. The lowest BCUT2D eigenvalue weighted by molar-refractivity contribution is -0.116. The number of hydrogen-bond donors (Lipinski definition) is 2. The molecule has 2 N–H and O–H groups in total. The van der Waals surface area contributed by atoms with Crippen molar-refractivity contribution in [3.63, 3.8) is 0 Å². The highest BCUT2D eigenvalue weighted by molar-refractivity contribution is 6.33. The number of anilines is 1. The largest absolute Gasteiger partial charge is 0.323 e. The fraction of sp³-hybridized carbons (Fsp3) is 0.455. The predicted molar refractivity (Wildman–Crippen MR) is 63.5 cm³/mol. The van der Waals surface area contributed by atoms with E-state index in [1.165, 1.54) is 0 Å². The Hall–Kier alpha value is -1.13. The van der Waals surface area contributed by atoms with Crippen molar-refractivity contribution in [2.45, 2.75) is 25.3 Å². The quantitative estimate of drug-likeness (QED) is 0.846. The van der Waals surface area contributed by atoms with Gasteiger partial charge in [-0.1, -0.05) is 11.6 Å². The monoisotopic (exact) mass is 239 g/mol. The number of amides is 1. The highest BCUT2D eigenvalue weighted by Gasteiger charge is 2.17. The van der Waals surface area contributed by atoms with E-state index in [2.05, 4.69) is 15.6 Å². The highest BCUT2D eigenvalue weighted by Crippen LogP contribution is 2.19. The summed E-state index contributed by atoms with van der Waals surface area (Å²) in [6, 6.07) is 1.96. The topological polar surface area (TPSA) is 54.0 Å². The third-order valence-electron chi connectivity index (χ3n) is 2.64. The van der Waals surface area contributed by atoms with Gasteiger partial charge in [0, 0.05) is 18.7 Å². The maximum atomic E-state index is 11.7. The minimum absolute atomic E-state index is 0.0192. The fourth-order valence-electron chi connectivity index (χ4n) is 1.83. The first kappa shape index (κ1) is 11.4. The van der Waals surface area contributed by atoms with E-state index in [0.717, 1.165) is 19.4 Å². The summed E-state index contributed by atoms with van der Waals surface area (Å²) in [4.78, 5) is 15.6. The summed E-state index contributed by atoms with van der Waals surface area (Å²) < 4.78 is 0. The van der Waals surface area contributed by atoms with Gasteiger partial charge in [-0.2, -0.15) is 0 Å². The molecule has 1 unspecified atom stereocenters. The Bertz CT molecular complexity index is 377. The zero-order chi connectivity index (χ0) is 11.4. The lowest BCUT2D eigenvalue weighted by atomic mass is 10.1. The first-order chi connectivity index (χ1) is 7.75. The molecule has 5 heteroatoms. The van der Waals surface area contributed by atoms with Crippen molar-refractivity contribution in [2.24, 2.45) is 0 Å². The van der Waals surface area contributed by atoms with Gasteiger partial charge in [0.05, 0.1) is 16.9 Å². The molecule has 0 aliphatic carbocycles. The summed E-state index contributed by atoms with van der Waals surface area (Å²) >= 11 is 5.91. The number of nitrogens with zero attached hydrogens (tertiary/aromatic N) is 1. The van der Waals surface area contributed by atoms with Gasteiger partial charge in [0.1, 0.15) is 0 Å². The van der Waals surface area contributed by atoms with Gasteiger partial charge in [-0.05, 0) is 25.5 Å². The molecule has 1 atom stereocenters. The Morgan fingerprint density at radius 3 is 3.25 bits per heavy atom. The molecule has 0 radical (unpaired) electrons. The standard InChI is InChI=1S/C11H14ClN3O/c12-9-3-5-13-7-10(9)15-11(16)6-8-2-1-4-14-8/h3,5,7-8,14H,1-2,4,6H2,(H,15,16). The van der Waals surface area contributed by atoms with Gasteiger partial charge >= 0.3 is 0 Å². The van der Waals surface area contributed by atoms with Crippen LogP contribution in [0, 0.1) is 0 Å². The van der Waals surface area contributed by atoms with Crippen LogP contribution in [0.2, 0.25) is 5.02 Å². The molecule has 2 heterocycles. The van der Waals surface area contributed by atoms with E-state index < -0.39 is 0 Å². The summed E-state index contributed by atoms with van der Waals surface area (Å²) in [7, 11) is 0. The summed E-state index contributed by atoms with van der Waals surface area (Å²) in [6.45, 7) is 1.01. The van der Waals surface area contributed by atoms with Gasteiger partial charge < -0.3 is 10.6 Å². The third kappa shape index (κ3) is 2.93. The lowest BCUT2D eigenvalue weighted by Gasteiger charge is -2.10. The first-order valence-electron chi connectivity index (χ1n) is 5.38. The molecule has 1 aliphatic rings. The van der Waals surface area contributed by atoms with Crippen molar-refractivity contribution >= 4 is 23.2 Å². The number of rotatable bonds is 3. The number of hydrogen-bond acceptors (Lipinski definition) is 3. The van der Waals surface area contributed by atoms with Crippen LogP contribution in [0.4, 0.5) is 5.69 Å². The van der Waals surface area contributed by atoms with Crippen LogP contribution in [0.25, 0.3) is 0 Å². The number of nitrogens with one attached hydrogen (secondary N) is 2. The van der Waals surface area contributed by atoms with E-state index >= 15 is 0 Å². The average Bonchev–Trinajstić information content (AvgIpc) is 2.74. The smallest absolute Gasteiger partial charge is 0.226 e. The summed E-state index contributed by atoms with van der Waals surface area (Å²) in [5.74, 6) is -0.0192. The molecule has 1 aromatic heterocycles. The number of carbonyl (C=O) groups is 1. The molecular formula is C11H14ClN3O. The second-order valence-electron chi connectivity index (χ2n) is 3.90. The Morgan fingerprint density at radius 2 is 2.56 bits per heavy atom. The van der Waals surface area contributed by atoms with E-state index in [4.69, 9.17) is 11.6 Å². The molecule has 1 amide bonds. The van der Waals surface area contributed by atoms with Gasteiger partial charge in [0.2, 0.25) is 5.91 Å². The van der Waals surface area contributed by atoms with E-state index in [9.17, 15) is 4.79 Å². The zero-order valence-corrected chi connectivity index (χ0v) is 9.63. The van der Waals surface area contributed by atoms with Crippen molar-refractivity contribution in [3.8, 4) is 0 Å². The summed E-state index contributed by atoms with van der Waals surface area (Å²) in [5.41, 5.74) is 0.576. The second kappa shape index (κ2) is 5.27. The van der Waals surface area contributed by atoms with Crippen molar-refractivity contribution in [1.82, 2.24) is 10.3 Å². The summed E-state index contributed by atoms with van der Waals surface area (Å²) in [5, 5.41) is 6.56. The Kier molecular flexibility index (Phi) is 3.74. The molecular weight excluding hydrogens is 226 g/mol. The lowest BCUT2D eigenvalue weighted by Crippen LogP contribution is -2.27. The fourth-order valence-corrected chi connectivity index (χ4v) is 1.98. The van der Waals surface area contributed by atoms with Crippen LogP contribution in [0.15, 0.2) is 18.5 Å². The predicted octanol–water partition coefficient (Wildman–Crippen LogP) is 1.82. The molecule has 16 heavy (non-hydrogen) atoms. The second-order valence-corrected chi connectivity index (χ2v) is 4.31. The van der Waals surface area contributed by atoms with Crippen molar-refractivity contribution in [2.75, 3.05) is 11.9 Å². The van der Waals surface area contributed by atoms with Crippen LogP contribution in [0.5, 0.6) is 0 Å². The van der Waals surface area contributed by atoms with Gasteiger partial charge in [0.15, 0.2) is 0 Å². The average molecular weight is 240 g/mol. The zero-order valence-electron chi connectivity index (χ0n) is 8.87. The number of pyridine rings is 1. The molecule has 1 aromatic rings. The molecule has 1 aliphatic heterocycles. The van der Waals surface area contributed by atoms with Crippen LogP contribution in [-0.4, -0.2) is 23.5 Å². The van der Waals surface area contributed by atoms with Gasteiger partial charge in [-0.25, -0.2) is 0 Å². The van der Waals surface area contributed by atoms with Gasteiger partial charge in [-0.3, -0.25) is 9.78 Å². The van der Waals surface area contributed by atoms with Gasteiger partial charge in [0.25, 0.3) is 0 Å². The van der Waals surface area contributed by atoms with Crippen LogP contribution >= 0.6 is 11.6 Å². The van der Waals surface area contributed by atoms with Crippen LogP contribution < -0.4 is 10.6 Å². The molecule has 86 valence electrons. The minimum atomic E-state index is -0.0192. The van der Waals surface area contributed by atoms with Crippen LogP contribution in [-0.2, 0) is 4.79 Å².